The van der Waals surface area contributed by atoms with Crippen molar-refractivity contribution in [1.82, 2.24) is 20.2 Å². The molecule has 1 atom stereocenters. The van der Waals surface area contributed by atoms with E-state index in [4.69, 9.17) is 0 Å². The maximum atomic E-state index is 12.3. The van der Waals surface area contributed by atoms with Crippen molar-refractivity contribution in [1.29, 1.82) is 0 Å². The fourth-order valence-corrected chi connectivity index (χ4v) is 3.03. The molecular weight excluding hydrogens is 326 g/mol. The predicted molar refractivity (Wildman–Crippen MR) is 104 cm³/mol. The van der Waals surface area contributed by atoms with E-state index in [2.05, 4.69) is 52.2 Å². The summed E-state index contributed by atoms with van der Waals surface area (Å²) < 4.78 is 0. The number of nitrogens with one attached hydrogen (secondary N) is 1. The van der Waals surface area contributed by atoms with Gasteiger partial charge in [0.05, 0.1) is 5.69 Å². The second-order valence-corrected chi connectivity index (χ2v) is 6.86. The molecule has 6 nitrogen and oxygen atoms in total. The summed E-state index contributed by atoms with van der Waals surface area (Å²) in [6, 6.07) is 10.6. The van der Waals surface area contributed by atoms with Crippen LogP contribution in [0.15, 0.2) is 36.7 Å². The highest BCUT2D eigenvalue weighted by molar-refractivity contribution is 5.75. The monoisotopic (exact) mass is 353 g/mol. The summed E-state index contributed by atoms with van der Waals surface area (Å²) in [5, 5.41) is 3.03. The number of anilines is 1. The van der Waals surface area contributed by atoms with Crippen LogP contribution in [0.2, 0.25) is 0 Å². The van der Waals surface area contributed by atoms with E-state index in [1.54, 1.807) is 6.33 Å². The molecule has 0 radical (unpaired) electrons. The maximum Gasteiger partial charge on any atom is 0.317 e. The van der Waals surface area contributed by atoms with E-state index < -0.39 is 0 Å². The Morgan fingerprint density at radius 2 is 1.96 bits per heavy atom. The summed E-state index contributed by atoms with van der Waals surface area (Å²) in [7, 11) is 0. The van der Waals surface area contributed by atoms with Gasteiger partial charge >= 0.3 is 6.03 Å². The van der Waals surface area contributed by atoms with E-state index in [1.807, 2.05) is 24.0 Å². The zero-order valence-corrected chi connectivity index (χ0v) is 15.8. The van der Waals surface area contributed by atoms with E-state index in [0.29, 0.717) is 13.1 Å². The Morgan fingerprint density at radius 3 is 2.65 bits per heavy atom. The van der Waals surface area contributed by atoms with Gasteiger partial charge in [0.2, 0.25) is 0 Å². The summed E-state index contributed by atoms with van der Waals surface area (Å²) in [4.78, 5) is 25.2. The fourth-order valence-electron chi connectivity index (χ4n) is 3.03. The van der Waals surface area contributed by atoms with Gasteiger partial charge in [0.1, 0.15) is 12.1 Å². The number of amides is 2. The van der Waals surface area contributed by atoms with E-state index in [1.165, 1.54) is 5.56 Å². The third-order valence-electron chi connectivity index (χ3n) is 4.84. The van der Waals surface area contributed by atoms with Crippen LogP contribution in [0.1, 0.15) is 25.8 Å². The number of aromatic nitrogens is 2. The van der Waals surface area contributed by atoms with Gasteiger partial charge in [-0.25, -0.2) is 14.8 Å². The van der Waals surface area contributed by atoms with Crippen LogP contribution >= 0.6 is 0 Å². The van der Waals surface area contributed by atoms with Gasteiger partial charge in [-0.3, -0.25) is 0 Å². The smallest absolute Gasteiger partial charge is 0.317 e. The van der Waals surface area contributed by atoms with Gasteiger partial charge < -0.3 is 15.1 Å². The second kappa shape index (κ2) is 8.17. The molecule has 1 unspecified atom stereocenters. The Morgan fingerprint density at radius 1 is 1.19 bits per heavy atom. The van der Waals surface area contributed by atoms with Crippen molar-refractivity contribution in [3.05, 3.63) is 42.2 Å². The Bertz CT molecular complexity index is 755. The van der Waals surface area contributed by atoms with Crippen molar-refractivity contribution in [3.63, 3.8) is 0 Å². The second-order valence-electron chi connectivity index (χ2n) is 6.86. The summed E-state index contributed by atoms with van der Waals surface area (Å²) in [6.07, 6.45) is 2.56. The Balaban J connectivity index is 1.65. The van der Waals surface area contributed by atoms with Crippen molar-refractivity contribution in [3.8, 4) is 11.3 Å². The van der Waals surface area contributed by atoms with Crippen molar-refractivity contribution in [2.45, 2.75) is 33.2 Å². The highest BCUT2D eigenvalue weighted by Crippen LogP contribution is 2.22. The SMILES string of the molecule is CCC(C)NC(=O)N1CCN(c2cc(-c3cccc(C)c3)ncn2)CC1. The lowest BCUT2D eigenvalue weighted by molar-refractivity contribution is 0.190. The molecule has 1 N–H and O–H groups in total. The number of carbonyl (C=O) groups excluding carboxylic acids is 1. The highest BCUT2D eigenvalue weighted by Gasteiger charge is 2.22. The largest absolute Gasteiger partial charge is 0.353 e. The molecule has 1 aliphatic heterocycles. The van der Waals surface area contributed by atoms with Gasteiger partial charge in [-0.15, -0.1) is 0 Å². The van der Waals surface area contributed by atoms with Crippen LogP contribution in [0.25, 0.3) is 11.3 Å². The number of nitrogens with zero attached hydrogens (tertiary/aromatic N) is 4. The van der Waals surface area contributed by atoms with Crippen LogP contribution in [-0.4, -0.2) is 53.1 Å². The molecule has 1 aromatic heterocycles. The van der Waals surface area contributed by atoms with E-state index in [-0.39, 0.29) is 12.1 Å². The van der Waals surface area contributed by atoms with Gasteiger partial charge in [-0.1, -0.05) is 30.7 Å². The maximum absolute atomic E-state index is 12.3. The van der Waals surface area contributed by atoms with Crippen LogP contribution in [0.4, 0.5) is 10.6 Å². The molecule has 1 aromatic carbocycles. The topological polar surface area (TPSA) is 61.4 Å². The van der Waals surface area contributed by atoms with Gasteiger partial charge in [0.15, 0.2) is 0 Å². The number of hydrogen-bond donors (Lipinski definition) is 1. The minimum atomic E-state index is 0.0298. The Kier molecular flexibility index (Phi) is 5.71. The lowest BCUT2D eigenvalue weighted by Gasteiger charge is -2.35. The number of hydrogen-bond acceptors (Lipinski definition) is 4. The standard InChI is InChI=1S/C20H27N5O/c1-4-16(3)23-20(26)25-10-8-24(9-11-25)19-13-18(21-14-22-19)17-7-5-6-15(2)12-17/h5-7,12-14,16H,4,8-11H2,1-3H3,(H,23,26). The van der Waals surface area contributed by atoms with Gasteiger partial charge in [-0.05, 0) is 26.3 Å². The van der Waals surface area contributed by atoms with Crippen molar-refractivity contribution in [2.24, 2.45) is 0 Å². The zero-order chi connectivity index (χ0) is 18.5. The number of carbonyl (C=O) groups is 1. The summed E-state index contributed by atoms with van der Waals surface area (Å²) in [6.45, 7) is 9.13. The number of piperazine rings is 1. The van der Waals surface area contributed by atoms with Crippen molar-refractivity contribution in [2.75, 3.05) is 31.1 Å². The van der Waals surface area contributed by atoms with Gasteiger partial charge in [-0.2, -0.15) is 0 Å². The minimum absolute atomic E-state index is 0.0298. The van der Waals surface area contributed by atoms with E-state index in [0.717, 1.165) is 36.6 Å². The van der Waals surface area contributed by atoms with Crippen molar-refractivity contribution < 1.29 is 4.79 Å². The molecule has 1 saturated heterocycles. The third-order valence-corrected chi connectivity index (χ3v) is 4.84. The zero-order valence-electron chi connectivity index (χ0n) is 15.8. The first-order valence-corrected chi connectivity index (χ1v) is 9.26. The van der Waals surface area contributed by atoms with Gasteiger partial charge in [0.25, 0.3) is 0 Å². The molecule has 1 aliphatic rings. The first kappa shape index (κ1) is 18.2. The third kappa shape index (κ3) is 4.31. The average molecular weight is 353 g/mol. The van der Waals surface area contributed by atoms with Crippen LogP contribution < -0.4 is 10.2 Å². The normalized spacial score (nSPS) is 15.7. The van der Waals surface area contributed by atoms with E-state index in [9.17, 15) is 4.79 Å². The molecule has 0 saturated carbocycles. The molecule has 26 heavy (non-hydrogen) atoms. The molecule has 1 fully saturated rings. The first-order chi connectivity index (χ1) is 12.6. The summed E-state index contributed by atoms with van der Waals surface area (Å²) in [5.41, 5.74) is 3.24. The molecule has 2 heterocycles. The molecule has 0 bridgehead atoms. The lowest BCUT2D eigenvalue weighted by Crippen LogP contribution is -2.53. The van der Waals surface area contributed by atoms with Crippen LogP contribution in [0, 0.1) is 6.92 Å². The predicted octanol–water partition coefficient (Wildman–Crippen LogP) is 3.08. The fraction of sp³-hybridized carbons (Fsp3) is 0.450. The first-order valence-electron chi connectivity index (χ1n) is 9.26. The number of aryl methyl sites for hydroxylation is 1. The number of urea groups is 1. The molecular formula is C20H27N5O. The molecule has 3 rings (SSSR count). The van der Waals surface area contributed by atoms with Crippen molar-refractivity contribution >= 4 is 11.8 Å². The molecule has 2 aromatic rings. The molecule has 138 valence electrons. The summed E-state index contributed by atoms with van der Waals surface area (Å²) in [5.74, 6) is 0.915. The molecule has 6 heteroatoms. The van der Waals surface area contributed by atoms with Crippen LogP contribution in [0.3, 0.4) is 0 Å². The lowest BCUT2D eigenvalue weighted by atomic mass is 10.1. The van der Waals surface area contributed by atoms with E-state index >= 15 is 0 Å². The van der Waals surface area contributed by atoms with Crippen LogP contribution in [0.5, 0.6) is 0 Å². The summed E-state index contributed by atoms with van der Waals surface area (Å²) >= 11 is 0. The molecule has 2 amide bonds. The van der Waals surface area contributed by atoms with Crippen LogP contribution in [-0.2, 0) is 0 Å². The quantitative estimate of drug-likeness (QED) is 0.918. The van der Waals surface area contributed by atoms with Gasteiger partial charge in [0, 0.05) is 43.9 Å². The number of rotatable bonds is 4. The Labute approximate surface area is 155 Å². The average Bonchev–Trinajstić information content (AvgIpc) is 2.68. The highest BCUT2D eigenvalue weighted by atomic mass is 16.2. The molecule has 0 aliphatic carbocycles. The Hall–Kier alpha value is -2.63. The molecule has 0 spiro atoms. The number of benzene rings is 1. The minimum Gasteiger partial charge on any atom is -0.353 e.